The van der Waals surface area contributed by atoms with Crippen molar-refractivity contribution in [1.29, 1.82) is 0 Å². The van der Waals surface area contributed by atoms with E-state index in [1.54, 1.807) is 5.67 Å². The van der Waals surface area contributed by atoms with Crippen molar-refractivity contribution in [3.8, 4) is 0 Å². The topological polar surface area (TPSA) is 0 Å². The second-order valence-electron chi connectivity index (χ2n) is 3.14. The minimum absolute atomic E-state index is 0.251. The third-order valence-electron chi connectivity index (χ3n) is 1.87. The van der Waals surface area contributed by atoms with Gasteiger partial charge in [0.05, 0.1) is 0 Å². The lowest BCUT2D eigenvalue weighted by Gasteiger charge is -2.06. The van der Waals surface area contributed by atoms with E-state index in [0.717, 1.165) is 20.3 Å². The molecule has 0 nitrogen and oxygen atoms in total. The Morgan fingerprint density at radius 3 is 1.54 bits per heavy atom. The summed E-state index contributed by atoms with van der Waals surface area (Å²) in [5.74, 6) is 0. The van der Waals surface area contributed by atoms with Crippen molar-refractivity contribution in [3.63, 3.8) is 0 Å². The first kappa shape index (κ1) is 15.4. The van der Waals surface area contributed by atoms with Crippen molar-refractivity contribution in [2.75, 3.05) is 10.7 Å². The highest BCUT2D eigenvalue weighted by Gasteiger charge is 2.04. The molecule has 0 rings (SSSR count). The van der Waals surface area contributed by atoms with Crippen molar-refractivity contribution in [1.82, 2.24) is 0 Å². The van der Waals surface area contributed by atoms with Crippen LogP contribution in [0.1, 0.15) is 0 Å². The van der Waals surface area contributed by atoms with Gasteiger partial charge in [-0.3, -0.25) is 0 Å². The number of hydrogen-bond acceptors (Lipinski definition) is 0. The predicted octanol–water partition coefficient (Wildman–Crippen LogP) is 2.85. The summed E-state index contributed by atoms with van der Waals surface area (Å²) in [7, 11) is 0.502. The Hall–Kier alpha value is 2.35. The van der Waals surface area contributed by atoms with Crippen LogP contribution in [0.15, 0.2) is 0 Å². The molecule has 0 amide bonds. The van der Waals surface area contributed by atoms with Crippen molar-refractivity contribution in [3.05, 3.63) is 0 Å². The maximum atomic E-state index is 3.66. The third kappa shape index (κ3) is 10.6. The molecule has 0 heterocycles. The lowest BCUT2D eigenvalue weighted by atomic mass is 10.6. The molecule has 0 saturated carbocycles. The van der Waals surface area contributed by atoms with Gasteiger partial charge >= 0.3 is 0 Å². The molecule has 0 aromatic rings. The predicted molar refractivity (Wildman–Crippen MR) is 84.5 cm³/mol. The fourth-order valence-electron chi connectivity index (χ4n) is 1.06. The van der Waals surface area contributed by atoms with Crippen molar-refractivity contribution < 1.29 is 0 Å². The SMILES string of the molecule is BrCC(Br)C[SiH2]C[SiH2]CC(Br)CBr. The van der Waals surface area contributed by atoms with Gasteiger partial charge in [0.15, 0.2) is 0 Å². The number of alkyl halides is 4. The zero-order valence-electron chi connectivity index (χ0n) is 7.62. The quantitative estimate of drug-likeness (QED) is 0.288. The molecule has 2 unspecified atom stereocenters. The van der Waals surface area contributed by atoms with Crippen molar-refractivity contribution >= 4 is 82.8 Å². The largest absolute Gasteiger partial charge is 0.0916 e. The molecule has 0 bridgehead atoms. The molecule has 0 saturated heterocycles. The van der Waals surface area contributed by atoms with E-state index < -0.39 is 0 Å². The van der Waals surface area contributed by atoms with Gasteiger partial charge in [-0.15, -0.1) is 0 Å². The summed E-state index contributed by atoms with van der Waals surface area (Å²) in [6, 6.07) is 2.92. The first-order valence-corrected chi connectivity index (χ1v) is 12.7. The minimum atomic E-state index is 0.251. The van der Waals surface area contributed by atoms with Crippen molar-refractivity contribution in [2.24, 2.45) is 0 Å². The number of rotatable bonds is 8. The van der Waals surface area contributed by atoms with Crippen LogP contribution in [0.4, 0.5) is 0 Å². The van der Waals surface area contributed by atoms with E-state index >= 15 is 0 Å². The highest BCUT2D eigenvalue weighted by atomic mass is 79.9. The summed E-state index contributed by atoms with van der Waals surface area (Å²) in [6.07, 6.45) is 0. The van der Waals surface area contributed by atoms with E-state index in [4.69, 9.17) is 0 Å². The molecule has 13 heavy (non-hydrogen) atoms. The van der Waals surface area contributed by atoms with E-state index in [1.165, 1.54) is 12.1 Å². The summed E-state index contributed by atoms with van der Waals surface area (Å²) >= 11 is 14.3. The number of hydrogen-bond donors (Lipinski definition) is 0. The Morgan fingerprint density at radius 1 is 0.846 bits per heavy atom. The van der Waals surface area contributed by atoms with Crippen LogP contribution >= 0.6 is 63.7 Å². The summed E-state index contributed by atoms with van der Waals surface area (Å²) in [4.78, 5) is 1.48. The van der Waals surface area contributed by atoms with Crippen LogP contribution in [0.25, 0.3) is 0 Å². The third-order valence-corrected chi connectivity index (χ3v) is 14.6. The van der Waals surface area contributed by atoms with Crippen LogP contribution in [0.3, 0.4) is 0 Å². The first-order chi connectivity index (χ1) is 6.20. The van der Waals surface area contributed by atoms with Gasteiger partial charge in [-0.25, -0.2) is 0 Å². The molecule has 0 N–H and O–H groups in total. The van der Waals surface area contributed by atoms with Crippen LogP contribution in [-0.2, 0) is 0 Å². The van der Waals surface area contributed by atoms with Crippen LogP contribution < -0.4 is 0 Å². The van der Waals surface area contributed by atoms with Crippen LogP contribution in [0.5, 0.6) is 0 Å². The molecule has 0 radical (unpaired) electrons. The van der Waals surface area contributed by atoms with E-state index in [2.05, 4.69) is 63.7 Å². The molecule has 0 aliphatic heterocycles. The van der Waals surface area contributed by atoms with Gasteiger partial charge < -0.3 is 0 Å². The van der Waals surface area contributed by atoms with Gasteiger partial charge in [-0.05, 0) is 12.1 Å². The maximum absolute atomic E-state index is 3.66. The summed E-state index contributed by atoms with van der Waals surface area (Å²) < 4.78 is 0. The minimum Gasteiger partial charge on any atom is -0.0916 e. The summed E-state index contributed by atoms with van der Waals surface area (Å²) in [5.41, 5.74) is 1.63. The summed E-state index contributed by atoms with van der Waals surface area (Å²) in [5, 5.41) is 2.23. The lowest BCUT2D eigenvalue weighted by molar-refractivity contribution is 1.14. The first-order valence-electron chi connectivity index (χ1n) is 4.60. The molecule has 0 spiro atoms. The number of halogens is 4. The molecule has 0 fully saturated rings. The Balaban J connectivity index is 3.08. The normalized spacial score (nSPS) is 17.5. The summed E-state index contributed by atoms with van der Waals surface area (Å²) in [6.45, 7) is 0. The Morgan fingerprint density at radius 2 is 1.23 bits per heavy atom. The standard InChI is InChI=1S/C7H16Br4Si2/c8-1-6(10)3-12-5-13-4-7(11)2-9/h6-7H,1-5,12-13H2. The molecule has 0 aliphatic carbocycles. The molecule has 2 atom stereocenters. The van der Waals surface area contributed by atoms with Gasteiger partial charge in [-0.2, -0.15) is 0 Å². The van der Waals surface area contributed by atoms with Gasteiger partial charge in [0, 0.05) is 39.4 Å². The van der Waals surface area contributed by atoms with E-state index in [-0.39, 0.29) is 19.0 Å². The molecule has 6 heteroatoms. The monoisotopic (exact) mass is 472 g/mol. The molecule has 0 aromatic carbocycles. The molecular formula is C7H16Br4Si2. The zero-order valence-corrected chi connectivity index (χ0v) is 16.8. The van der Waals surface area contributed by atoms with E-state index in [9.17, 15) is 0 Å². The van der Waals surface area contributed by atoms with Gasteiger partial charge in [-0.1, -0.05) is 69.4 Å². The Labute approximate surface area is 120 Å². The van der Waals surface area contributed by atoms with Crippen LogP contribution in [-0.4, -0.2) is 39.4 Å². The smallest absolute Gasteiger partial charge is 0.0214 e. The molecule has 0 aliphatic rings. The van der Waals surface area contributed by atoms with Crippen LogP contribution in [0.2, 0.25) is 17.8 Å². The lowest BCUT2D eigenvalue weighted by Crippen LogP contribution is -2.09. The molecular weight excluding hydrogens is 460 g/mol. The van der Waals surface area contributed by atoms with Gasteiger partial charge in [0.25, 0.3) is 0 Å². The average Bonchev–Trinajstić information content (AvgIpc) is 2.16. The molecule has 0 aromatic heterocycles. The Bertz CT molecular complexity index is 103. The highest BCUT2D eigenvalue weighted by molar-refractivity contribution is 9.12. The fraction of sp³-hybridized carbons (Fsp3) is 1.00. The van der Waals surface area contributed by atoms with E-state index in [1.807, 2.05) is 0 Å². The maximum Gasteiger partial charge on any atom is 0.0214 e. The second-order valence-corrected chi connectivity index (χ2v) is 12.4. The second kappa shape index (κ2) is 10.9. The highest BCUT2D eigenvalue weighted by Crippen LogP contribution is 2.11. The van der Waals surface area contributed by atoms with Gasteiger partial charge in [0.2, 0.25) is 0 Å². The zero-order chi connectivity index (χ0) is 10.1. The Kier molecular flexibility index (Phi) is 12.8. The average molecular weight is 476 g/mol. The molecule has 80 valence electrons. The van der Waals surface area contributed by atoms with E-state index in [0.29, 0.717) is 0 Å². The van der Waals surface area contributed by atoms with Gasteiger partial charge in [0.1, 0.15) is 0 Å². The fourth-order valence-corrected chi connectivity index (χ4v) is 9.87. The van der Waals surface area contributed by atoms with Crippen molar-refractivity contribution in [2.45, 2.75) is 27.4 Å². The van der Waals surface area contributed by atoms with Crippen LogP contribution in [0, 0.1) is 0 Å².